The Morgan fingerprint density at radius 3 is 2.85 bits per heavy atom. The van der Waals surface area contributed by atoms with E-state index in [4.69, 9.17) is 4.74 Å². The Balaban J connectivity index is 2.13. The Morgan fingerprint density at radius 1 is 1.46 bits per heavy atom. The van der Waals surface area contributed by atoms with Crippen molar-refractivity contribution < 1.29 is 9.13 Å². The summed E-state index contributed by atoms with van der Waals surface area (Å²) < 4.78 is 18.6. The number of halogens is 1. The third-order valence-corrected chi connectivity index (χ3v) is 2.12. The standard InChI is InChI=1S/C10H12FNO/c1-7-2-3-9(11)10(4-7)13-8-5-12-6-8/h2-4,8,12H,5-6H2,1H3. The van der Waals surface area contributed by atoms with E-state index in [0.29, 0.717) is 5.75 Å². The van der Waals surface area contributed by atoms with Crippen molar-refractivity contribution in [1.29, 1.82) is 0 Å². The second kappa shape index (κ2) is 3.34. The lowest BCUT2D eigenvalue weighted by Gasteiger charge is -2.28. The summed E-state index contributed by atoms with van der Waals surface area (Å²) in [4.78, 5) is 0. The van der Waals surface area contributed by atoms with Gasteiger partial charge in [-0.1, -0.05) is 6.07 Å². The van der Waals surface area contributed by atoms with Crippen LogP contribution in [0, 0.1) is 12.7 Å². The molecule has 1 aromatic carbocycles. The van der Waals surface area contributed by atoms with Crippen molar-refractivity contribution in [2.75, 3.05) is 13.1 Å². The van der Waals surface area contributed by atoms with Gasteiger partial charge < -0.3 is 10.1 Å². The SMILES string of the molecule is Cc1ccc(F)c(OC2CNC2)c1. The predicted octanol–water partition coefficient (Wildman–Crippen LogP) is 1.48. The van der Waals surface area contributed by atoms with Gasteiger partial charge in [0.1, 0.15) is 6.10 Å². The van der Waals surface area contributed by atoms with Crippen LogP contribution in [0.25, 0.3) is 0 Å². The molecule has 13 heavy (non-hydrogen) atoms. The molecule has 1 N–H and O–H groups in total. The normalized spacial score (nSPS) is 16.8. The van der Waals surface area contributed by atoms with E-state index >= 15 is 0 Å². The summed E-state index contributed by atoms with van der Waals surface area (Å²) in [6.45, 7) is 3.55. The number of hydrogen-bond donors (Lipinski definition) is 1. The van der Waals surface area contributed by atoms with E-state index in [0.717, 1.165) is 18.7 Å². The maximum Gasteiger partial charge on any atom is 0.165 e. The van der Waals surface area contributed by atoms with Crippen LogP contribution in [0.15, 0.2) is 18.2 Å². The van der Waals surface area contributed by atoms with Crippen molar-refractivity contribution in [1.82, 2.24) is 5.32 Å². The number of rotatable bonds is 2. The molecule has 1 heterocycles. The minimum atomic E-state index is -0.280. The van der Waals surface area contributed by atoms with E-state index in [-0.39, 0.29) is 11.9 Å². The molecule has 0 atom stereocenters. The number of benzene rings is 1. The fourth-order valence-electron chi connectivity index (χ4n) is 1.23. The summed E-state index contributed by atoms with van der Waals surface area (Å²) in [5.74, 6) is 0.0870. The fraction of sp³-hybridized carbons (Fsp3) is 0.400. The lowest BCUT2D eigenvalue weighted by Crippen LogP contribution is -2.50. The molecule has 0 spiro atoms. The van der Waals surface area contributed by atoms with Crippen LogP contribution >= 0.6 is 0 Å². The van der Waals surface area contributed by atoms with Crippen LogP contribution in [0.1, 0.15) is 5.56 Å². The predicted molar refractivity (Wildman–Crippen MR) is 48.4 cm³/mol. The molecule has 70 valence electrons. The van der Waals surface area contributed by atoms with Gasteiger partial charge in [-0.05, 0) is 24.6 Å². The van der Waals surface area contributed by atoms with Crippen molar-refractivity contribution in [3.05, 3.63) is 29.6 Å². The van der Waals surface area contributed by atoms with E-state index in [1.54, 1.807) is 12.1 Å². The molecule has 0 saturated carbocycles. The van der Waals surface area contributed by atoms with Crippen LogP contribution in [0.2, 0.25) is 0 Å². The van der Waals surface area contributed by atoms with Gasteiger partial charge in [-0.25, -0.2) is 4.39 Å². The van der Waals surface area contributed by atoms with Gasteiger partial charge in [-0.15, -0.1) is 0 Å². The third kappa shape index (κ3) is 1.80. The largest absolute Gasteiger partial charge is 0.485 e. The summed E-state index contributed by atoms with van der Waals surface area (Å²) in [7, 11) is 0. The zero-order chi connectivity index (χ0) is 9.26. The van der Waals surface area contributed by atoms with Gasteiger partial charge in [0.25, 0.3) is 0 Å². The first kappa shape index (κ1) is 8.51. The number of hydrogen-bond acceptors (Lipinski definition) is 2. The Hall–Kier alpha value is -1.09. The molecule has 0 aliphatic carbocycles. The van der Waals surface area contributed by atoms with Gasteiger partial charge in [0.2, 0.25) is 0 Å². The summed E-state index contributed by atoms with van der Waals surface area (Å²) in [5, 5.41) is 3.07. The second-order valence-corrected chi connectivity index (χ2v) is 3.33. The highest BCUT2D eigenvalue weighted by atomic mass is 19.1. The molecule has 0 aromatic heterocycles. The average molecular weight is 181 g/mol. The molecular weight excluding hydrogens is 169 g/mol. The van der Waals surface area contributed by atoms with Crippen LogP contribution in [-0.2, 0) is 0 Å². The molecule has 1 aromatic rings. The zero-order valence-corrected chi connectivity index (χ0v) is 7.51. The third-order valence-electron chi connectivity index (χ3n) is 2.12. The molecule has 1 aliphatic heterocycles. The molecule has 0 unspecified atom stereocenters. The van der Waals surface area contributed by atoms with Crippen molar-refractivity contribution in [3.63, 3.8) is 0 Å². The minimum Gasteiger partial charge on any atom is -0.485 e. The minimum absolute atomic E-state index is 0.135. The summed E-state index contributed by atoms with van der Waals surface area (Å²) in [6, 6.07) is 4.91. The van der Waals surface area contributed by atoms with E-state index in [9.17, 15) is 4.39 Å². The Morgan fingerprint density at radius 2 is 2.23 bits per heavy atom. The number of nitrogens with one attached hydrogen (secondary N) is 1. The lowest BCUT2D eigenvalue weighted by molar-refractivity contribution is 0.136. The maximum atomic E-state index is 13.1. The Bertz CT molecular complexity index is 310. The molecule has 2 rings (SSSR count). The van der Waals surface area contributed by atoms with E-state index in [2.05, 4.69) is 5.32 Å². The molecule has 0 bridgehead atoms. The molecule has 1 fully saturated rings. The molecule has 3 heteroatoms. The lowest BCUT2D eigenvalue weighted by atomic mass is 10.2. The van der Waals surface area contributed by atoms with Crippen LogP contribution in [0.3, 0.4) is 0 Å². The molecule has 2 nitrogen and oxygen atoms in total. The summed E-state index contributed by atoms with van der Waals surface area (Å²) in [5.41, 5.74) is 1.02. The van der Waals surface area contributed by atoms with Crippen molar-refractivity contribution >= 4 is 0 Å². The van der Waals surface area contributed by atoms with E-state index in [1.165, 1.54) is 6.07 Å². The van der Waals surface area contributed by atoms with Crippen LogP contribution in [-0.4, -0.2) is 19.2 Å². The average Bonchev–Trinajstić information content (AvgIpc) is 2.03. The second-order valence-electron chi connectivity index (χ2n) is 3.33. The van der Waals surface area contributed by atoms with E-state index < -0.39 is 0 Å². The highest BCUT2D eigenvalue weighted by molar-refractivity contribution is 5.29. The van der Waals surface area contributed by atoms with Gasteiger partial charge in [0.05, 0.1) is 0 Å². The molecule has 1 aliphatic rings. The van der Waals surface area contributed by atoms with Gasteiger partial charge >= 0.3 is 0 Å². The number of aryl methyl sites for hydroxylation is 1. The summed E-state index contributed by atoms with van der Waals surface area (Å²) in [6.07, 6.45) is 0.135. The Labute approximate surface area is 76.7 Å². The van der Waals surface area contributed by atoms with Crippen LogP contribution < -0.4 is 10.1 Å². The van der Waals surface area contributed by atoms with Gasteiger partial charge in [-0.3, -0.25) is 0 Å². The summed E-state index contributed by atoms with van der Waals surface area (Å²) >= 11 is 0. The molecular formula is C10H12FNO. The van der Waals surface area contributed by atoms with Crippen LogP contribution in [0.5, 0.6) is 5.75 Å². The number of ether oxygens (including phenoxy) is 1. The molecule has 0 radical (unpaired) electrons. The molecule has 1 saturated heterocycles. The van der Waals surface area contributed by atoms with Gasteiger partial charge in [0, 0.05) is 13.1 Å². The maximum absolute atomic E-state index is 13.1. The quantitative estimate of drug-likeness (QED) is 0.746. The first-order valence-electron chi connectivity index (χ1n) is 4.39. The van der Waals surface area contributed by atoms with Crippen molar-refractivity contribution in [3.8, 4) is 5.75 Å². The topological polar surface area (TPSA) is 21.3 Å². The Kier molecular flexibility index (Phi) is 2.19. The fourth-order valence-corrected chi connectivity index (χ4v) is 1.23. The first-order chi connectivity index (χ1) is 6.25. The van der Waals surface area contributed by atoms with Crippen molar-refractivity contribution in [2.24, 2.45) is 0 Å². The highest BCUT2D eigenvalue weighted by Gasteiger charge is 2.19. The first-order valence-corrected chi connectivity index (χ1v) is 4.39. The smallest absolute Gasteiger partial charge is 0.165 e. The highest BCUT2D eigenvalue weighted by Crippen LogP contribution is 2.20. The monoisotopic (exact) mass is 181 g/mol. The van der Waals surface area contributed by atoms with E-state index in [1.807, 2.05) is 6.92 Å². The van der Waals surface area contributed by atoms with Gasteiger partial charge in [-0.2, -0.15) is 0 Å². The van der Waals surface area contributed by atoms with Gasteiger partial charge in [0.15, 0.2) is 11.6 Å². The molecule has 0 amide bonds. The van der Waals surface area contributed by atoms with Crippen molar-refractivity contribution in [2.45, 2.75) is 13.0 Å². The van der Waals surface area contributed by atoms with Crippen LogP contribution in [0.4, 0.5) is 4.39 Å². The zero-order valence-electron chi connectivity index (χ0n) is 7.51.